The van der Waals surface area contributed by atoms with E-state index in [-0.39, 0.29) is 11.6 Å². The average molecular weight is 599 g/mol. The van der Waals surface area contributed by atoms with Crippen LogP contribution in [0.2, 0.25) is 0 Å². The summed E-state index contributed by atoms with van der Waals surface area (Å²) in [4.78, 5) is 46.5. The average Bonchev–Trinajstić information content (AvgIpc) is 3.07. The maximum Gasteiger partial charge on any atom is 0.272 e. The van der Waals surface area contributed by atoms with Gasteiger partial charge < -0.3 is 10.6 Å². The Morgan fingerprint density at radius 2 is 1.34 bits per heavy atom. The predicted octanol–water partition coefficient (Wildman–Crippen LogP) is 7.34. The number of amides is 3. The Morgan fingerprint density at radius 1 is 0.750 bits per heavy atom. The van der Waals surface area contributed by atoms with E-state index in [0.29, 0.717) is 16.8 Å². The minimum atomic E-state index is -0.483. The lowest BCUT2D eigenvalue weighted by Gasteiger charge is -2.26. The van der Waals surface area contributed by atoms with E-state index < -0.39 is 17.1 Å². The molecule has 1 heterocycles. The highest BCUT2D eigenvalue weighted by Crippen LogP contribution is 2.31. The van der Waals surface area contributed by atoms with Crippen molar-refractivity contribution in [3.8, 4) is 0 Å². The lowest BCUT2D eigenvalue weighted by atomic mass is 10.2. The van der Waals surface area contributed by atoms with Gasteiger partial charge in [0.2, 0.25) is 5.91 Å². The van der Waals surface area contributed by atoms with Crippen molar-refractivity contribution in [1.82, 2.24) is 10.3 Å². The van der Waals surface area contributed by atoms with Gasteiger partial charge in [0.05, 0.1) is 5.25 Å². The van der Waals surface area contributed by atoms with E-state index in [1.54, 1.807) is 71.9 Å². The Hall–Kier alpha value is -5.47. The maximum absolute atomic E-state index is 13.7. The molecule has 3 amide bonds. The van der Waals surface area contributed by atoms with Gasteiger partial charge in [-0.15, -0.1) is 11.8 Å². The monoisotopic (exact) mass is 598 g/mol. The predicted molar refractivity (Wildman–Crippen MR) is 177 cm³/mol. The van der Waals surface area contributed by atoms with E-state index in [4.69, 9.17) is 0 Å². The number of nitrogens with one attached hydrogen (secondary N) is 2. The number of pyridine rings is 1. The minimum Gasteiger partial charge on any atom is -0.321 e. The van der Waals surface area contributed by atoms with Gasteiger partial charge in [-0.2, -0.15) is 0 Å². The van der Waals surface area contributed by atoms with Gasteiger partial charge in [0.15, 0.2) is 0 Å². The quantitative estimate of drug-likeness (QED) is 0.130. The summed E-state index contributed by atoms with van der Waals surface area (Å²) in [5.74, 6) is -0.936. The van der Waals surface area contributed by atoms with Gasteiger partial charge in [-0.3, -0.25) is 24.3 Å². The fourth-order valence-electron chi connectivity index (χ4n) is 4.38. The fourth-order valence-corrected chi connectivity index (χ4v) is 5.29. The van der Waals surface area contributed by atoms with E-state index in [2.05, 4.69) is 15.6 Å². The zero-order valence-electron chi connectivity index (χ0n) is 24.0. The molecule has 7 nitrogen and oxygen atoms in total. The number of aromatic nitrogens is 1. The third kappa shape index (κ3) is 7.87. The Morgan fingerprint density at radius 3 is 1.91 bits per heavy atom. The van der Waals surface area contributed by atoms with Gasteiger partial charge in [-0.1, -0.05) is 60.7 Å². The smallest absolute Gasteiger partial charge is 0.272 e. The van der Waals surface area contributed by atoms with Crippen LogP contribution in [0.15, 0.2) is 150 Å². The van der Waals surface area contributed by atoms with Gasteiger partial charge in [-0.05, 0) is 85.3 Å². The molecule has 1 unspecified atom stereocenters. The first-order chi connectivity index (χ1) is 21.5. The standard InChI is InChI=1S/C36H30N4O3S/c1-26(36(43)40(30-15-7-3-8-16-30)31-17-9-4-10-18-31)44-32-21-19-29(20-22-32)38-35(42)33(24-27-12-11-23-37-25-27)39-34(41)28-13-5-2-6-14-28/h2-26H,1H3,(H,38,42)(H,39,41)/b33-24-. The van der Waals surface area contributed by atoms with Gasteiger partial charge in [0, 0.05) is 39.9 Å². The van der Waals surface area contributed by atoms with Crippen LogP contribution < -0.4 is 15.5 Å². The second kappa shape index (κ2) is 14.6. The number of carbonyl (C=O) groups is 3. The Kier molecular flexibility index (Phi) is 9.97. The van der Waals surface area contributed by atoms with Crippen LogP contribution in [0.25, 0.3) is 6.08 Å². The molecule has 0 saturated heterocycles. The van der Waals surface area contributed by atoms with E-state index in [1.165, 1.54) is 11.8 Å². The molecule has 5 rings (SSSR count). The summed E-state index contributed by atoms with van der Waals surface area (Å²) >= 11 is 1.43. The number of para-hydroxylation sites is 2. The molecule has 44 heavy (non-hydrogen) atoms. The fraction of sp³-hybridized carbons (Fsp3) is 0.0556. The number of hydrogen-bond donors (Lipinski definition) is 2. The molecule has 0 bridgehead atoms. The van der Waals surface area contributed by atoms with Crippen LogP contribution >= 0.6 is 11.8 Å². The molecule has 1 atom stereocenters. The molecule has 4 aromatic carbocycles. The van der Waals surface area contributed by atoms with Crippen molar-refractivity contribution >= 4 is 52.6 Å². The summed E-state index contributed by atoms with van der Waals surface area (Å²) in [6, 6.07) is 38.6. The van der Waals surface area contributed by atoms with Crippen molar-refractivity contribution in [3.63, 3.8) is 0 Å². The molecule has 2 N–H and O–H groups in total. The normalized spacial score (nSPS) is 11.7. The van der Waals surface area contributed by atoms with Crippen LogP contribution in [0.1, 0.15) is 22.8 Å². The zero-order valence-corrected chi connectivity index (χ0v) is 24.8. The first kappa shape index (κ1) is 30.0. The Balaban J connectivity index is 1.28. The van der Waals surface area contributed by atoms with Crippen molar-refractivity contribution in [2.75, 3.05) is 10.2 Å². The summed E-state index contributed by atoms with van der Waals surface area (Å²) in [5.41, 5.74) is 3.30. The molecule has 5 aromatic rings. The van der Waals surface area contributed by atoms with E-state index in [9.17, 15) is 14.4 Å². The highest BCUT2D eigenvalue weighted by atomic mass is 32.2. The number of carbonyl (C=O) groups excluding carboxylic acids is 3. The van der Waals surface area contributed by atoms with Crippen molar-refractivity contribution in [3.05, 3.63) is 157 Å². The van der Waals surface area contributed by atoms with E-state index in [1.807, 2.05) is 85.8 Å². The molecule has 8 heteroatoms. The highest BCUT2D eigenvalue weighted by Gasteiger charge is 2.24. The van der Waals surface area contributed by atoms with Crippen LogP contribution in [0.3, 0.4) is 0 Å². The third-order valence-electron chi connectivity index (χ3n) is 6.55. The zero-order chi connectivity index (χ0) is 30.7. The van der Waals surface area contributed by atoms with Gasteiger partial charge >= 0.3 is 0 Å². The van der Waals surface area contributed by atoms with Crippen LogP contribution in [-0.4, -0.2) is 28.0 Å². The van der Waals surface area contributed by atoms with E-state index in [0.717, 1.165) is 16.3 Å². The number of thioether (sulfide) groups is 1. The molecular weight excluding hydrogens is 568 g/mol. The molecule has 0 aliphatic rings. The summed E-state index contributed by atoms with van der Waals surface area (Å²) in [6.07, 6.45) is 4.81. The second-order valence-corrected chi connectivity index (χ2v) is 11.2. The molecule has 218 valence electrons. The molecule has 0 radical (unpaired) electrons. The number of benzene rings is 4. The molecule has 0 aliphatic carbocycles. The molecular formula is C36H30N4O3S. The lowest BCUT2D eigenvalue weighted by molar-refractivity contribution is -0.117. The number of rotatable bonds is 10. The van der Waals surface area contributed by atoms with Crippen LogP contribution in [0.5, 0.6) is 0 Å². The van der Waals surface area contributed by atoms with Crippen LogP contribution in [0, 0.1) is 0 Å². The van der Waals surface area contributed by atoms with Crippen molar-refractivity contribution < 1.29 is 14.4 Å². The molecule has 0 spiro atoms. The summed E-state index contributed by atoms with van der Waals surface area (Å²) in [5, 5.41) is 5.19. The van der Waals surface area contributed by atoms with Gasteiger partial charge in [0.25, 0.3) is 11.8 Å². The largest absolute Gasteiger partial charge is 0.321 e. The van der Waals surface area contributed by atoms with Gasteiger partial charge in [-0.25, -0.2) is 0 Å². The summed E-state index contributed by atoms with van der Waals surface area (Å²) < 4.78 is 0. The molecule has 0 aliphatic heterocycles. The van der Waals surface area contributed by atoms with Crippen molar-refractivity contribution in [2.24, 2.45) is 0 Å². The number of nitrogens with zero attached hydrogens (tertiary/aromatic N) is 2. The minimum absolute atomic E-state index is 0.0517. The molecule has 1 aromatic heterocycles. The summed E-state index contributed by atoms with van der Waals surface area (Å²) in [7, 11) is 0. The first-order valence-electron chi connectivity index (χ1n) is 14.0. The topological polar surface area (TPSA) is 91.4 Å². The van der Waals surface area contributed by atoms with Crippen LogP contribution in [-0.2, 0) is 9.59 Å². The summed E-state index contributed by atoms with van der Waals surface area (Å²) in [6.45, 7) is 1.88. The van der Waals surface area contributed by atoms with Gasteiger partial charge in [0.1, 0.15) is 5.70 Å². The molecule has 0 fully saturated rings. The Labute approximate surface area is 260 Å². The first-order valence-corrected chi connectivity index (χ1v) is 14.9. The highest BCUT2D eigenvalue weighted by molar-refractivity contribution is 8.00. The lowest BCUT2D eigenvalue weighted by Crippen LogP contribution is -2.32. The molecule has 0 saturated carbocycles. The number of hydrogen-bond acceptors (Lipinski definition) is 5. The van der Waals surface area contributed by atoms with Crippen LogP contribution in [0.4, 0.5) is 17.1 Å². The third-order valence-corrected chi connectivity index (χ3v) is 7.65. The Bertz CT molecular complexity index is 1690. The maximum atomic E-state index is 13.7. The van der Waals surface area contributed by atoms with E-state index >= 15 is 0 Å². The second-order valence-electron chi connectivity index (χ2n) is 9.75. The van der Waals surface area contributed by atoms with Crippen molar-refractivity contribution in [2.45, 2.75) is 17.1 Å². The SMILES string of the molecule is CC(Sc1ccc(NC(=O)/C(=C/c2cccnc2)NC(=O)c2ccccc2)cc1)C(=O)N(c1ccccc1)c1ccccc1. The van der Waals surface area contributed by atoms with Crippen molar-refractivity contribution in [1.29, 1.82) is 0 Å². The number of anilines is 3.